The average molecular weight is 494 g/mol. The SMILES string of the molecule is COc1cccc(C(=O)N(Cc2ccco2)C(C)c2nc3ccccc3c(=O)n2-c2ccc(C)cc2)c1. The highest BCUT2D eigenvalue weighted by Gasteiger charge is 2.29. The van der Waals surface area contributed by atoms with Crippen LogP contribution in [0, 0.1) is 6.92 Å². The number of fused-ring (bicyclic) bond motifs is 1. The Balaban J connectivity index is 1.69. The van der Waals surface area contributed by atoms with Crippen LogP contribution in [0.2, 0.25) is 0 Å². The van der Waals surface area contributed by atoms with Crippen molar-refractivity contribution in [2.45, 2.75) is 26.4 Å². The van der Waals surface area contributed by atoms with Gasteiger partial charge >= 0.3 is 0 Å². The zero-order valence-electron chi connectivity index (χ0n) is 20.9. The maximum atomic E-state index is 13.9. The minimum atomic E-state index is -0.581. The zero-order valence-corrected chi connectivity index (χ0v) is 20.9. The number of aromatic nitrogens is 2. The van der Waals surface area contributed by atoms with Crippen LogP contribution in [0.5, 0.6) is 5.75 Å². The van der Waals surface area contributed by atoms with Gasteiger partial charge in [-0.05, 0) is 68.4 Å². The topological polar surface area (TPSA) is 77.6 Å². The van der Waals surface area contributed by atoms with E-state index in [1.54, 1.807) is 59.2 Å². The van der Waals surface area contributed by atoms with E-state index >= 15 is 0 Å². The number of hydrogen-bond acceptors (Lipinski definition) is 5. The van der Waals surface area contributed by atoms with Gasteiger partial charge in [0.15, 0.2) is 0 Å². The molecule has 3 aromatic carbocycles. The van der Waals surface area contributed by atoms with Crippen molar-refractivity contribution in [3.63, 3.8) is 0 Å². The highest BCUT2D eigenvalue weighted by molar-refractivity contribution is 5.95. The summed E-state index contributed by atoms with van der Waals surface area (Å²) in [7, 11) is 1.56. The zero-order chi connectivity index (χ0) is 25.9. The Morgan fingerprint density at radius 3 is 2.54 bits per heavy atom. The maximum Gasteiger partial charge on any atom is 0.266 e. The first-order chi connectivity index (χ1) is 18.0. The number of benzene rings is 3. The fourth-order valence-electron chi connectivity index (χ4n) is 4.39. The average Bonchev–Trinajstić information content (AvgIpc) is 3.45. The van der Waals surface area contributed by atoms with Crippen LogP contribution in [0.1, 0.15) is 40.5 Å². The van der Waals surface area contributed by atoms with E-state index < -0.39 is 6.04 Å². The first-order valence-corrected chi connectivity index (χ1v) is 12.0. The van der Waals surface area contributed by atoms with Crippen molar-refractivity contribution < 1.29 is 13.9 Å². The molecule has 1 atom stereocenters. The summed E-state index contributed by atoms with van der Waals surface area (Å²) in [5.41, 5.74) is 2.60. The van der Waals surface area contributed by atoms with E-state index in [-0.39, 0.29) is 18.0 Å². The monoisotopic (exact) mass is 493 g/mol. The van der Waals surface area contributed by atoms with Crippen LogP contribution in [0.3, 0.4) is 0 Å². The summed E-state index contributed by atoms with van der Waals surface area (Å²) in [4.78, 5) is 34.3. The molecular formula is C30H27N3O4. The number of carbonyl (C=O) groups excluding carboxylic acids is 1. The van der Waals surface area contributed by atoms with E-state index in [9.17, 15) is 9.59 Å². The number of methoxy groups -OCH3 is 1. The third kappa shape index (κ3) is 4.76. The van der Waals surface area contributed by atoms with Gasteiger partial charge in [0.25, 0.3) is 11.5 Å². The van der Waals surface area contributed by atoms with Crippen LogP contribution in [0.4, 0.5) is 0 Å². The van der Waals surface area contributed by atoms with Crippen molar-refractivity contribution in [3.8, 4) is 11.4 Å². The molecule has 2 aromatic heterocycles. The standard InChI is InChI=1S/C30H27N3O4/c1-20-13-15-23(16-14-20)33-28(31-27-12-5-4-11-26(27)30(33)35)21(2)32(19-25-10-7-17-37-25)29(34)22-8-6-9-24(18-22)36-3/h4-18,21H,19H2,1-3H3. The van der Waals surface area contributed by atoms with E-state index in [2.05, 4.69) is 0 Å². The molecule has 0 saturated heterocycles. The van der Waals surface area contributed by atoms with E-state index in [1.807, 2.05) is 62.4 Å². The number of hydrogen-bond donors (Lipinski definition) is 0. The molecule has 7 nitrogen and oxygen atoms in total. The predicted molar refractivity (Wildman–Crippen MR) is 142 cm³/mol. The van der Waals surface area contributed by atoms with Crippen molar-refractivity contribution in [2.75, 3.05) is 7.11 Å². The van der Waals surface area contributed by atoms with Gasteiger partial charge in [0.2, 0.25) is 0 Å². The molecule has 5 rings (SSSR count). The van der Waals surface area contributed by atoms with Gasteiger partial charge in [-0.1, -0.05) is 35.9 Å². The maximum absolute atomic E-state index is 13.9. The van der Waals surface area contributed by atoms with Crippen molar-refractivity contribution in [2.24, 2.45) is 0 Å². The molecule has 37 heavy (non-hydrogen) atoms. The molecule has 0 spiro atoms. The van der Waals surface area contributed by atoms with Crippen LogP contribution >= 0.6 is 0 Å². The number of amides is 1. The molecule has 0 radical (unpaired) electrons. The van der Waals surface area contributed by atoms with Gasteiger partial charge in [-0.3, -0.25) is 14.2 Å². The van der Waals surface area contributed by atoms with Crippen molar-refractivity contribution >= 4 is 16.8 Å². The lowest BCUT2D eigenvalue weighted by Gasteiger charge is -2.30. The molecule has 0 aliphatic rings. The molecule has 0 N–H and O–H groups in total. The lowest BCUT2D eigenvalue weighted by Crippen LogP contribution is -2.37. The fourth-order valence-corrected chi connectivity index (χ4v) is 4.39. The van der Waals surface area contributed by atoms with Crippen LogP contribution in [-0.2, 0) is 6.54 Å². The molecule has 186 valence electrons. The third-order valence-corrected chi connectivity index (χ3v) is 6.42. The lowest BCUT2D eigenvalue weighted by atomic mass is 10.1. The molecule has 0 bridgehead atoms. The smallest absolute Gasteiger partial charge is 0.266 e. The van der Waals surface area contributed by atoms with E-state index in [0.717, 1.165) is 5.56 Å². The number of rotatable bonds is 7. The predicted octanol–water partition coefficient (Wildman–Crippen LogP) is 5.70. The fraction of sp³-hybridized carbons (Fsp3) is 0.167. The van der Waals surface area contributed by atoms with Crippen LogP contribution in [0.25, 0.3) is 16.6 Å². The quantitative estimate of drug-likeness (QED) is 0.291. The van der Waals surface area contributed by atoms with E-state index in [0.29, 0.717) is 39.5 Å². The Morgan fingerprint density at radius 1 is 1.03 bits per heavy atom. The molecule has 0 saturated carbocycles. The molecular weight excluding hydrogens is 466 g/mol. The first kappa shape index (κ1) is 24.1. The Labute approximate surface area is 214 Å². The number of ether oxygens (including phenoxy) is 1. The summed E-state index contributed by atoms with van der Waals surface area (Å²) in [5, 5.41) is 0.510. The van der Waals surface area contributed by atoms with Gasteiger partial charge in [0.05, 0.1) is 42.5 Å². The van der Waals surface area contributed by atoms with E-state index in [4.69, 9.17) is 14.1 Å². The summed E-state index contributed by atoms with van der Waals surface area (Å²) in [5.74, 6) is 1.42. The number of furan rings is 1. The molecule has 0 aliphatic heterocycles. The second-order valence-corrected chi connectivity index (χ2v) is 8.88. The van der Waals surface area contributed by atoms with Crippen LogP contribution in [0.15, 0.2) is 100 Å². The third-order valence-electron chi connectivity index (χ3n) is 6.42. The van der Waals surface area contributed by atoms with Gasteiger partial charge in [-0.2, -0.15) is 0 Å². The van der Waals surface area contributed by atoms with Crippen molar-refractivity contribution in [1.82, 2.24) is 14.5 Å². The van der Waals surface area contributed by atoms with Crippen molar-refractivity contribution in [1.29, 1.82) is 0 Å². The minimum Gasteiger partial charge on any atom is -0.497 e. The molecule has 1 amide bonds. The van der Waals surface area contributed by atoms with Crippen LogP contribution < -0.4 is 10.3 Å². The Bertz CT molecular complexity index is 1600. The summed E-state index contributed by atoms with van der Waals surface area (Å²) >= 11 is 0. The Hall–Kier alpha value is -4.65. The normalized spacial score (nSPS) is 11.9. The number of nitrogens with zero attached hydrogens (tertiary/aromatic N) is 3. The van der Waals surface area contributed by atoms with Gasteiger partial charge in [-0.25, -0.2) is 4.98 Å². The molecule has 0 fully saturated rings. The Kier molecular flexibility index (Phi) is 6.60. The minimum absolute atomic E-state index is 0.192. The highest BCUT2D eigenvalue weighted by atomic mass is 16.5. The van der Waals surface area contributed by atoms with Gasteiger partial charge < -0.3 is 14.1 Å². The number of para-hydroxylation sites is 1. The Morgan fingerprint density at radius 2 is 1.81 bits per heavy atom. The van der Waals surface area contributed by atoms with Crippen LogP contribution in [-0.4, -0.2) is 27.5 Å². The number of carbonyl (C=O) groups is 1. The molecule has 2 heterocycles. The molecule has 7 heteroatoms. The second kappa shape index (κ2) is 10.1. The largest absolute Gasteiger partial charge is 0.497 e. The number of aryl methyl sites for hydroxylation is 1. The first-order valence-electron chi connectivity index (χ1n) is 12.0. The summed E-state index contributed by atoms with van der Waals surface area (Å²) in [6.45, 7) is 4.07. The van der Waals surface area contributed by atoms with Gasteiger partial charge in [-0.15, -0.1) is 0 Å². The highest BCUT2D eigenvalue weighted by Crippen LogP contribution is 2.27. The summed E-state index contributed by atoms with van der Waals surface area (Å²) in [6, 6.07) is 25.0. The molecule has 0 aliphatic carbocycles. The summed E-state index contributed by atoms with van der Waals surface area (Å²) in [6.07, 6.45) is 1.57. The van der Waals surface area contributed by atoms with E-state index in [1.165, 1.54) is 0 Å². The molecule has 5 aromatic rings. The summed E-state index contributed by atoms with van der Waals surface area (Å²) < 4.78 is 12.5. The van der Waals surface area contributed by atoms with Gasteiger partial charge in [0, 0.05) is 5.56 Å². The second-order valence-electron chi connectivity index (χ2n) is 8.88. The van der Waals surface area contributed by atoms with Gasteiger partial charge in [0.1, 0.15) is 17.3 Å². The molecule has 1 unspecified atom stereocenters. The lowest BCUT2D eigenvalue weighted by molar-refractivity contribution is 0.0648. The van der Waals surface area contributed by atoms with Crippen molar-refractivity contribution in [3.05, 3.63) is 124 Å².